The fourth-order valence-corrected chi connectivity index (χ4v) is 4.20. The van der Waals surface area contributed by atoms with Crippen molar-refractivity contribution in [2.45, 2.75) is 90.9 Å². The van der Waals surface area contributed by atoms with Crippen LogP contribution in [-0.2, 0) is 12.8 Å². The molecule has 4 nitrogen and oxygen atoms in total. The number of hydrogen-bond donors (Lipinski definition) is 0. The molecule has 2 aromatic carbocycles. The average Bonchev–Trinajstić information content (AvgIpc) is 2.90. The van der Waals surface area contributed by atoms with Gasteiger partial charge in [-0.3, -0.25) is 0 Å². The van der Waals surface area contributed by atoms with Crippen LogP contribution in [-0.4, -0.2) is 15.9 Å². The maximum absolute atomic E-state index is 14.5. The van der Waals surface area contributed by atoms with Crippen molar-refractivity contribution in [1.82, 2.24) is 9.97 Å². The topological polar surface area (TPSA) is 52.1 Å². The van der Waals surface area contributed by atoms with E-state index < -0.39 is 5.97 Å². The first kappa shape index (κ1) is 27.5. The van der Waals surface area contributed by atoms with Gasteiger partial charge in [0.25, 0.3) is 0 Å². The molecule has 1 heterocycles. The summed E-state index contributed by atoms with van der Waals surface area (Å²) in [5, 5.41) is 0. The third-order valence-corrected chi connectivity index (χ3v) is 6.44. The van der Waals surface area contributed by atoms with Crippen LogP contribution in [0.25, 0.3) is 11.4 Å². The van der Waals surface area contributed by atoms with Crippen molar-refractivity contribution in [1.29, 1.82) is 0 Å². The summed E-state index contributed by atoms with van der Waals surface area (Å²) in [6.07, 6.45) is 17.3. The van der Waals surface area contributed by atoms with Crippen LogP contribution in [0.4, 0.5) is 4.39 Å². The van der Waals surface area contributed by atoms with Crippen LogP contribution in [0.2, 0.25) is 0 Å². The van der Waals surface area contributed by atoms with Crippen LogP contribution in [0.1, 0.15) is 99.5 Å². The van der Waals surface area contributed by atoms with E-state index in [1.807, 2.05) is 24.5 Å². The van der Waals surface area contributed by atoms with Crippen LogP contribution in [0.15, 0.2) is 54.9 Å². The van der Waals surface area contributed by atoms with Gasteiger partial charge >= 0.3 is 5.97 Å². The molecule has 0 aliphatic heterocycles. The van der Waals surface area contributed by atoms with Gasteiger partial charge in [-0.2, -0.15) is 0 Å². The Morgan fingerprint density at radius 1 is 0.778 bits per heavy atom. The van der Waals surface area contributed by atoms with Crippen LogP contribution >= 0.6 is 0 Å². The van der Waals surface area contributed by atoms with Gasteiger partial charge in [-0.15, -0.1) is 0 Å². The van der Waals surface area contributed by atoms with Gasteiger partial charge in [0.1, 0.15) is 11.6 Å². The van der Waals surface area contributed by atoms with Crippen molar-refractivity contribution in [3.05, 3.63) is 77.4 Å². The molecule has 0 aliphatic rings. The lowest BCUT2D eigenvalue weighted by atomic mass is 10.0. The Morgan fingerprint density at radius 2 is 1.39 bits per heavy atom. The number of aryl methyl sites for hydroxylation is 2. The molecule has 0 fully saturated rings. The van der Waals surface area contributed by atoms with Gasteiger partial charge < -0.3 is 4.74 Å². The maximum Gasteiger partial charge on any atom is 0.343 e. The zero-order valence-electron chi connectivity index (χ0n) is 21.8. The summed E-state index contributed by atoms with van der Waals surface area (Å²) >= 11 is 0. The summed E-state index contributed by atoms with van der Waals surface area (Å²) in [5.41, 5.74) is 2.85. The van der Waals surface area contributed by atoms with Gasteiger partial charge in [0.15, 0.2) is 5.82 Å². The number of benzene rings is 2. The highest BCUT2D eigenvalue weighted by Gasteiger charge is 2.13. The van der Waals surface area contributed by atoms with Crippen molar-refractivity contribution in [2.24, 2.45) is 0 Å². The molecule has 0 N–H and O–H groups in total. The number of carbonyl (C=O) groups excluding carboxylic acids is 1. The van der Waals surface area contributed by atoms with E-state index in [0.717, 1.165) is 36.8 Å². The highest BCUT2D eigenvalue weighted by molar-refractivity contribution is 5.91. The minimum atomic E-state index is -0.573. The Hall–Kier alpha value is -3.08. The van der Waals surface area contributed by atoms with E-state index in [4.69, 9.17) is 4.74 Å². The fourth-order valence-electron chi connectivity index (χ4n) is 4.20. The molecule has 1 aromatic heterocycles. The molecular formula is C31H39FN2O2. The molecular weight excluding hydrogens is 451 g/mol. The van der Waals surface area contributed by atoms with E-state index in [-0.39, 0.29) is 11.4 Å². The quantitative estimate of drug-likeness (QED) is 0.122. The number of halogens is 1. The first-order valence-electron chi connectivity index (χ1n) is 13.5. The van der Waals surface area contributed by atoms with Crippen molar-refractivity contribution >= 4 is 5.97 Å². The highest BCUT2D eigenvalue weighted by atomic mass is 19.1. The van der Waals surface area contributed by atoms with E-state index in [0.29, 0.717) is 23.6 Å². The summed E-state index contributed by atoms with van der Waals surface area (Å²) < 4.78 is 19.9. The Labute approximate surface area is 215 Å². The van der Waals surface area contributed by atoms with Gasteiger partial charge in [-0.1, -0.05) is 71.3 Å². The zero-order chi connectivity index (χ0) is 25.6. The van der Waals surface area contributed by atoms with Crippen LogP contribution in [0, 0.1) is 5.82 Å². The lowest BCUT2D eigenvalue weighted by molar-refractivity contribution is 0.0734. The van der Waals surface area contributed by atoms with E-state index >= 15 is 0 Å². The molecule has 36 heavy (non-hydrogen) atoms. The first-order valence-corrected chi connectivity index (χ1v) is 13.5. The van der Waals surface area contributed by atoms with Gasteiger partial charge in [0.05, 0.1) is 5.56 Å². The molecule has 0 atom stereocenters. The van der Waals surface area contributed by atoms with E-state index in [2.05, 4.69) is 23.8 Å². The van der Waals surface area contributed by atoms with Crippen molar-refractivity contribution in [3.63, 3.8) is 0 Å². The summed E-state index contributed by atoms with van der Waals surface area (Å²) in [6.45, 7) is 4.40. The number of rotatable bonds is 15. The largest absolute Gasteiger partial charge is 0.423 e. The number of hydrogen-bond acceptors (Lipinski definition) is 4. The monoisotopic (exact) mass is 490 g/mol. The summed E-state index contributed by atoms with van der Waals surface area (Å²) in [4.78, 5) is 21.5. The molecule has 0 spiro atoms. The van der Waals surface area contributed by atoms with Crippen LogP contribution < -0.4 is 4.74 Å². The van der Waals surface area contributed by atoms with Crippen molar-refractivity contribution < 1.29 is 13.9 Å². The normalized spacial score (nSPS) is 11.0. The summed E-state index contributed by atoms with van der Waals surface area (Å²) in [5.74, 6) is 0.107. The van der Waals surface area contributed by atoms with Gasteiger partial charge in [-0.05, 0) is 73.2 Å². The lowest BCUT2D eigenvalue weighted by Gasteiger charge is -2.08. The molecule has 0 saturated heterocycles. The number of aromatic nitrogens is 2. The van der Waals surface area contributed by atoms with Crippen LogP contribution in [0.3, 0.4) is 0 Å². The molecule has 0 radical (unpaired) electrons. The van der Waals surface area contributed by atoms with Crippen molar-refractivity contribution in [3.8, 4) is 17.1 Å². The zero-order valence-corrected chi connectivity index (χ0v) is 21.8. The fraction of sp³-hybridized carbons (Fsp3) is 0.452. The predicted octanol–water partition coefficient (Wildman–Crippen LogP) is 8.53. The minimum absolute atomic E-state index is 0.208. The highest BCUT2D eigenvalue weighted by Crippen LogP contribution is 2.21. The molecule has 0 saturated carbocycles. The second-order valence-electron chi connectivity index (χ2n) is 9.46. The number of ether oxygens (including phenoxy) is 1. The SMILES string of the molecule is CCCCCCCc1cnc(-c2ccc(OC(=O)c3ccc(CCCCCCC)c(F)c3)cc2)nc1. The third-order valence-electron chi connectivity index (χ3n) is 6.44. The second-order valence-corrected chi connectivity index (χ2v) is 9.46. The Bertz CT molecular complexity index is 1060. The first-order chi connectivity index (χ1) is 17.6. The number of carbonyl (C=O) groups is 1. The Balaban J connectivity index is 1.50. The Kier molecular flexibility index (Phi) is 11.6. The third kappa shape index (κ3) is 8.85. The maximum atomic E-state index is 14.5. The van der Waals surface area contributed by atoms with Gasteiger partial charge in [-0.25, -0.2) is 19.2 Å². The summed E-state index contributed by atoms with van der Waals surface area (Å²) in [6, 6.07) is 11.7. The molecule has 3 aromatic rings. The van der Waals surface area contributed by atoms with E-state index in [1.165, 1.54) is 51.0 Å². The number of unbranched alkanes of at least 4 members (excludes halogenated alkanes) is 8. The lowest BCUT2D eigenvalue weighted by Crippen LogP contribution is -2.09. The standard InChI is InChI=1S/C31H39FN2O2/c1-3-5-7-9-11-13-24-22-33-30(34-23-24)26-17-19-28(20-18-26)36-31(35)27-16-15-25(29(32)21-27)14-12-10-8-6-4-2/h15-23H,3-14H2,1-2H3. The Morgan fingerprint density at radius 3 is 2.00 bits per heavy atom. The molecule has 0 amide bonds. The molecule has 5 heteroatoms. The molecule has 0 aliphatic carbocycles. The average molecular weight is 491 g/mol. The molecule has 0 bridgehead atoms. The van der Waals surface area contributed by atoms with Gasteiger partial charge in [0.2, 0.25) is 0 Å². The summed E-state index contributed by atoms with van der Waals surface area (Å²) in [7, 11) is 0. The predicted molar refractivity (Wildman–Crippen MR) is 144 cm³/mol. The molecule has 3 rings (SSSR count). The molecule has 0 unspecified atom stereocenters. The van der Waals surface area contributed by atoms with E-state index in [9.17, 15) is 9.18 Å². The second kappa shape index (κ2) is 15.1. The minimum Gasteiger partial charge on any atom is -0.423 e. The number of nitrogens with zero attached hydrogens (tertiary/aromatic N) is 2. The van der Waals surface area contributed by atoms with Gasteiger partial charge in [0, 0.05) is 18.0 Å². The van der Waals surface area contributed by atoms with Crippen molar-refractivity contribution in [2.75, 3.05) is 0 Å². The van der Waals surface area contributed by atoms with Crippen LogP contribution in [0.5, 0.6) is 5.75 Å². The number of esters is 1. The molecule has 192 valence electrons. The smallest absolute Gasteiger partial charge is 0.343 e. The van der Waals surface area contributed by atoms with E-state index in [1.54, 1.807) is 24.3 Å².